The first-order chi connectivity index (χ1) is 7.24. The third kappa shape index (κ3) is 1.25. The summed E-state index contributed by atoms with van der Waals surface area (Å²) in [6, 6.07) is 1.93. The lowest BCUT2D eigenvalue weighted by atomic mass is 9.96. The maximum Gasteiger partial charge on any atom is 0.166 e. The van der Waals surface area contributed by atoms with Crippen molar-refractivity contribution in [2.45, 2.75) is 26.2 Å². The van der Waals surface area contributed by atoms with Crippen LogP contribution in [-0.4, -0.2) is 20.4 Å². The van der Waals surface area contributed by atoms with Crippen LogP contribution in [0.2, 0.25) is 0 Å². The zero-order valence-electron chi connectivity index (χ0n) is 8.53. The molecule has 15 heavy (non-hydrogen) atoms. The van der Waals surface area contributed by atoms with Crippen molar-refractivity contribution in [1.29, 1.82) is 0 Å². The van der Waals surface area contributed by atoms with Gasteiger partial charge in [0.15, 0.2) is 11.4 Å². The lowest BCUT2D eigenvalue weighted by molar-refractivity contribution is 0.0971. The van der Waals surface area contributed by atoms with Crippen molar-refractivity contribution in [2.24, 2.45) is 0 Å². The maximum absolute atomic E-state index is 11.7. The van der Waals surface area contributed by atoms with Gasteiger partial charge >= 0.3 is 0 Å². The van der Waals surface area contributed by atoms with E-state index in [1.807, 2.05) is 19.2 Å². The second-order valence-corrected chi connectivity index (χ2v) is 3.97. The normalized spacial score (nSPS) is 15.7. The van der Waals surface area contributed by atoms with Gasteiger partial charge in [0.2, 0.25) is 0 Å². The quantitative estimate of drug-likeness (QED) is 0.649. The zero-order valence-corrected chi connectivity index (χ0v) is 8.53. The number of aromatic nitrogens is 3. The van der Waals surface area contributed by atoms with Gasteiger partial charge in [0.05, 0.1) is 17.0 Å². The predicted molar refractivity (Wildman–Crippen MR) is 55.0 cm³/mol. The monoisotopic (exact) mass is 201 g/mol. The number of ketones is 1. The Labute approximate surface area is 86.9 Å². The number of Topliss-reactive ketones (excluding diaryl/α,β-unsaturated/α-hetero) is 1. The van der Waals surface area contributed by atoms with Crippen LogP contribution in [0, 0.1) is 6.92 Å². The third-order valence-electron chi connectivity index (χ3n) is 2.77. The molecule has 0 aromatic carbocycles. The van der Waals surface area contributed by atoms with Crippen LogP contribution in [0.15, 0.2) is 12.3 Å². The molecule has 0 spiro atoms. The Kier molecular flexibility index (Phi) is 1.65. The molecule has 0 fully saturated rings. The molecule has 0 radical (unpaired) electrons. The van der Waals surface area contributed by atoms with Crippen LogP contribution in [0.4, 0.5) is 0 Å². The van der Waals surface area contributed by atoms with Crippen molar-refractivity contribution in [1.82, 2.24) is 14.6 Å². The molecule has 76 valence electrons. The second-order valence-electron chi connectivity index (χ2n) is 3.97. The van der Waals surface area contributed by atoms with Gasteiger partial charge in [0.1, 0.15) is 0 Å². The number of fused-ring (bicyclic) bond motifs is 2. The molecule has 1 aliphatic rings. The summed E-state index contributed by atoms with van der Waals surface area (Å²) in [4.78, 5) is 16.1. The highest BCUT2D eigenvalue weighted by atomic mass is 16.1. The highest BCUT2D eigenvalue weighted by molar-refractivity contribution is 5.97. The van der Waals surface area contributed by atoms with Crippen molar-refractivity contribution in [2.75, 3.05) is 0 Å². The van der Waals surface area contributed by atoms with Gasteiger partial charge in [-0.05, 0) is 19.8 Å². The molecule has 1 aliphatic carbocycles. The topological polar surface area (TPSA) is 47.3 Å². The third-order valence-corrected chi connectivity index (χ3v) is 2.77. The molecule has 0 amide bonds. The molecule has 2 heterocycles. The van der Waals surface area contributed by atoms with Gasteiger partial charge in [-0.15, -0.1) is 0 Å². The second kappa shape index (κ2) is 2.89. The summed E-state index contributed by atoms with van der Waals surface area (Å²) in [5, 5.41) is 4.26. The molecular weight excluding hydrogens is 190 g/mol. The molecule has 0 atom stereocenters. The number of hydrogen-bond acceptors (Lipinski definition) is 3. The van der Waals surface area contributed by atoms with Crippen LogP contribution in [0.1, 0.15) is 34.6 Å². The van der Waals surface area contributed by atoms with Gasteiger partial charge < -0.3 is 0 Å². The van der Waals surface area contributed by atoms with Crippen LogP contribution < -0.4 is 0 Å². The number of nitrogens with zero attached hydrogens (tertiary/aromatic N) is 3. The van der Waals surface area contributed by atoms with E-state index in [1.54, 1.807) is 4.52 Å². The van der Waals surface area contributed by atoms with E-state index in [1.165, 1.54) is 0 Å². The van der Waals surface area contributed by atoms with Crippen LogP contribution in [0.3, 0.4) is 0 Å². The summed E-state index contributed by atoms with van der Waals surface area (Å²) in [6.45, 7) is 1.93. The number of carbonyl (C=O) groups excluding carboxylic acids is 1. The average molecular weight is 201 g/mol. The minimum atomic E-state index is 0.193. The Morgan fingerprint density at radius 1 is 1.40 bits per heavy atom. The van der Waals surface area contributed by atoms with E-state index >= 15 is 0 Å². The first kappa shape index (κ1) is 8.59. The minimum Gasteiger partial charge on any atom is -0.294 e. The summed E-state index contributed by atoms with van der Waals surface area (Å²) in [5.41, 5.74) is 3.44. The van der Waals surface area contributed by atoms with Gasteiger partial charge in [-0.1, -0.05) is 0 Å². The van der Waals surface area contributed by atoms with Crippen LogP contribution >= 0.6 is 0 Å². The molecule has 2 aromatic heterocycles. The van der Waals surface area contributed by atoms with Gasteiger partial charge in [-0.3, -0.25) is 4.79 Å². The summed E-state index contributed by atoms with van der Waals surface area (Å²) in [7, 11) is 0. The van der Waals surface area contributed by atoms with Gasteiger partial charge in [0, 0.05) is 18.7 Å². The van der Waals surface area contributed by atoms with Crippen molar-refractivity contribution >= 4 is 11.4 Å². The Hall–Kier alpha value is -1.71. The smallest absolute Gasteiger partial charge is 0.166 e. The van der Waals surface area contributed by atoms with E-state index in [9.17, 15) is 4.79 Å². The molecule has 0 bridgehead atoms. The molecule has 2 aromatic rings. The fourth-order valence-corrected chi connectivity index (χ4v) is 2.05. The Balaban J connectivity index is 2.31. The van der Waals surface area contributed by atoms with E-state index in [-0.39, 0.29) is 5.78 Å². The number of aryl methyl sites for hydroxylation is 2. The molecule has 0 N–H and O–H groups in total. The van der Waals surface area contributed by atoms with Gasteiger partial charge in [-0.2, -0.15) is 5.10 Å². The Bertz CT molecular complexity index is 556. The van der Waals surface area contributed by atoms with Crippen LogP contribution in [0.25, 0.3) is 5.65 Å². The highest BCUT2D eigenvalue weighted by Gasteiger charge is 2.19. The highest BCUT2D eigenvalue weighted by Crippen LogP contribution is 2.20. The summed E-state index contributed by atoms with van der Waals surface area (Å²) < 4.78 is 1.69. The van der Waals surface area contributed by atoms with Crippen LogP contribution in [-0.2, 0) is 6.42 Å². The molecule has 0 saturated carbocycles. The molecule has 4 nitrogen and oxygen atoms in total. The molecule has 0 unspecified atom stereocenters. The Morgan fingerprint density at radius 3 is 3.13 bits per heavy atom. The molecule has 0 saturated heterocycles. The zero-order chi connectivity index (χ0) is 10.4. The summed E-state index contributed by atoms with van der Waals surface area (Å²) in [6.07, 6.45) is 4.27. The number of carbonyl (C=O) groups is 1. The molecule has 4 heteroatoms. The first-order valence-corrected chi connectivity index (χ1v) is 5.13. The molecule has 3 rings (SSSR count). The lowest BCUT2D eigenvalue weighted by Gasteiger charge is -2.12. The number of hydrogen-bond donors (Lipinski definition) is 0. The van der Waals surface area contributed by atoms with Crippen molar-refractivity contribution in [3.63, 3.8) is 0 Å². The van der Waals surface area contributed by atoms with E-state index in [4.69, 9.17) is 0 Å². The largest absolute Gasteiger partial charge is 0.294 e. The molecule has 0 aliphatic heterocycles. The molecular formula is C11H11N3O. The fraction of sp³-hybridized carbons (Fsp3) is 0.364. The van der Waals surface area contributed by atoms with E-state index < -0.39 is 0 Å². The summed E-state index contributed by atoms with van der Waals surface area (Å²) in [5.74, 6) is 0.193. The standard InChI is InChI=1S/C11H11N3O/c1-7-5-11-12-9-3-2-4-10(15)8(9)6-14(11)13-7/h5-6H,2-4H2,1H3. The van der Waals surface area contributed by atoms with Crippen molar-refractivity contribution in [3.8, 4) is 0 Å². The lowest BCUT2D eigenvalue weighted by Crippen LogP contribution is -2.14. The summed E-state index contributed by atoms with van der Waals surface area (Å²) >= 11 is 0. The fourth-order valence-electron chi connectivity index (χ4n) is 2.05. The average Bonchev–Trinajstić information content (AvgIpc) is 2.55. The number of rotatable bonds is 0. The first-order valence-electron chi connectivity index (χ1n) is 5.13. The Morgan fingerprint density at radius 2 is 2.27 bits per heavy atom. The van der Waals surface area contributed by atoms with Gasteiger partial charge in [0.25, 0.3) is 0 Å². The van der Waals surface area contributed by atoms with Crippen molar-refractivity contribution < 1.29 is 4.79 Å². The van der Waals surface area contributed by atoms with Crippen LogP contribution in [0.5, 0.6) is 0 Å². The van der Waals surface area contributed by atoms with Crippen molar-refractivity contribution in [3.05, 3.63) is 29.2 Å². The maximum atomic E-state index is 11.7. The van der Waals surface area contributed by atoms with Gasteiger partial charge in [-0.25, -0.2) is 9.50 Å². The van der Waals surface area contributed by atoms with E-state index in [0.717, 1.165) is 35.4 Å². The van der Waals surface area contributed by atoms with E-state index in [2.05, 4.69) is 10.1 Å². The predicted octanol–water partition coefficient (Wildman–Crippen LogP) is 1.56. The SMILES string of the molecule is Cc1cc2nc3c(cn2n1)C(=O)CCC3. The van der Waals surface area contributed by atoms with E-state index in [0.29, 0.717) is 6.42 Å². The minimum absolute atomic E-state index is 0.193.